The second-order valence-corrected chi connectivity index (χ2v) is 13.8. The first-order valence-corrected chi connectivity index (χ1v) is 14.6. The zero-order valence-corrected chi connectivity index (χ0v) is 23.5. The zero-order chi connectivity index (χ0) is 26.7. The summed E-state index contributed by atoms with van der Waals surface area (Å²) in [5.41, 5.74) is 1.16. The van der Waals surface area contributed by atoms with Crippen LogP contribution in [0, 0.1) is 23.2 Å². The van der Waals surface area contributed by atoms with Crippen LogP contribution >= 0.6 is 0 Å². The maximum absolute atomic E-state index is 10.6. The molecule has 36 heavy (non-hydrogen) atoms. The fraction of sp³-hybridized carbons (Fsp3) is 0.871. The smallest absolute Gasteiger partial charge is 0.0849 e. The topological polar surface area (TPSA) is 101 Å². The normalized spacial score (nSPS) is 35.7. The molecular weight excluding hydrogens is 452 g/mol. The fourth-order valence-electron chi connectivity index (χ4n) is 7.65. The van der Waals surface area contributed by atoms with Crippen LogP contribution < -0.4 is 0 Å². The van der Waals surface area contributed by atoms with Crippen LogP contribution in [0.3, 0.4) is 0 Å². The minimum Gasteiger partial charge on any atom is -0.393 e. The lowest BCUT2D eigenvalue weighted by atomic mass is 9.60. The van der Waals surface area contributed by atoms with E-state index in [1.54, 1.807) is 13.8 Å². The van der Waals surface area contributed by atoms with Crippen LogP contribution in [0.1, 0.15) is 118 Å². The molecular formula is C31H54O5. The Bertz CT molecular complexity index is 761. The second-order valence-electron chi connectivity index (χ2n) is 13.8. The maximum Gasteiger partial charge on any atom is 0.0849 e. The summed E-state index contributed by atoms with van der Waals surface area (Å²) in [6.07, 6.45) is 14.9. The molecule has 0 amide bonds. The van der Waals surface area contributed by atoms with Crippen LogP contribution in [0.25, 0.3) is 0 Å². The van der Waals surface area contributed by atoms with Crippen molar-refractivity contribution in [3.63, 3.8) is 0 Å². The van der Waals surface area contributed by atoms with E-state index < -0.39 is 29.5 Å². The van der Waals surface area contributed by atoms with Gasteiger partial charge in [0.25, 0.3) is 0 Å². The number of hydrogen-bond acceptors (Lipinski definition) is 5. The molecule has 0 aromatic rings. The third kappa shape index (κ3) is 7.89. The molecule has 3 saturated carbocycles. The summed E-state index contributed by atoms with van der Waals surface area (Å²) < 4.78 is 0. The van der Waals surface area contributed by atoms with E-state index >= 15 is 0 Å². The highest BCUT2D eigenvalue weighted by Crippen LogP contribution is 2.60. The maximum atomic E-state index is 10.6. The molecule has 0 heterocycles. The molecule has 0 saturated heterocycles. The van der Waals surface area contributed by atoms with E-state index in [0.29, 0.717) is 43.4 Å². The number of fused-ring (bicyclic) bond motifs is 1. The first-order chi connectivity index (χ1) is 16.7. The van der Waals surface area contributed by atoms with Gasteiger partial charge in [0, 0.05) is 0 Å². The summed E-state index contributed by atoms with van der Waals surface area (Å²) in [5.74, 6) is 1.61. The number of aliphatic hydroxyl groups is 5. The monoisotopic (exact) mass is 506 g/mol. The first-order valence-electron chi connectivity index (χ1n) is 14.6. The number of allylic oxidation sites excluding steroid dienone is 3. The van der Waals surface area contributed by atoms with Crippen molar-refractivity contribution in [2.45, 2.75) is 148 Å². The van der Waals surface area contributed by atoms with Crippen molar-refractivity contribution in [1.82, 2.24) is 0 Å². The molecule has 0 radical (unpaired) electrons. The zero-order valence-electron chi connectivity index (χ0n) is 23.5. The SMILES string of the molecule is CC(C)(O)CCC[C@@H](CCC(O)C(C)(C)O)C1CCC2/C(=C/C=C3CC(O)C[C@H](O)C3)CCC[C@@]21C. The van der Waals surface area contributed by atoms with E-state index in [4.69, 9.17) is 0 Å². The third-order valence-electron chi connectivity index (χ3n) is 9.67. The van der Waals surface area contributed by atoms with Gasteiger partial charge in [-0.25, -0.2) is 0 Å². The fourth-order valence-corrected chi connectivity index (χ4v) is 7.65. The minimum atomic E-state index is -1.09. The highest BCUT2D eigenvalue weighted by atomic mass is 16.3. The van der Waals surface area contributed by atoms with Gasteiger partial charge in [-0.15, -0.1) is 0 Å². The second kappa shape index (κ2) is 12.0. The minimum absolute atomic E-state index is 0.229. The Morgan fingerprint density at radius 1 is 0.972 bits per heavy atom. The molecule has 0 spiro atoms. The summed E-state index contributed by atoms with van der Waals surface area (Å²) in [7, 11) is 0. The van der Waals surface area contributed by atoms with Gasteiger partial charge in [0.15, 0.2) is 0 Å². The van der Waals surface area contributed by atoms with E-state index in [2.05, 4.69) is 19.1 Å². The van der Waals surface area contributed by atoms with E-state index in [-0.39, 0.29) is 5.41 Å². The Morgan fingerprint density at radius 3 is 2.25 bits per heavy atom. The Kier molecular flexibility index (Phi) is 9.93. The van der Waals surface area contributed by atoms with Crippen molar-refractivity contribution < 1.29 is 25.5 Å². The Balaban J connectivity index is 1.76. The average molecular weight is 507 g/mol. The highest BCUT2D eigenvalue weighted by Gasteiger charge is 2.51. The molecule has 3 aliphatic carbocycles. The molecule has 0 aromatic heterocycles. The Labute approximate surface area is 219 Å². The van der Waals surface area contributed by atoms with E-state index in [1.165, 1.54) is 31.3 Å². The van der Waals surface area contributed by atoms with Crippen molar-refractivity contribution in [3.05, 3.63) is 23.3 Å². The lowest BCUT2D eigenvalue weighted by Gasteiger charge is -2.45. The van der Waals surface area contributed by atoms with Crippen LogP contribution in [0.15, 0.2) is 23.3 Å². The number of hydrogen-bond donors (Lipinski definition) is 5. The van der Waals surface area contributed by atoms with Gasteiger partial charge >= 0.3 is 0 Å². The average Bonchev–Trinajstić information content (AvgIpc) is 3.09. The molecule has 3 fully saturated rings. The Hall–Kier alpha value is -0.720. The van der Waals surface area contributed by atoms with Crippen LogP contribution in [0.2, 0.25) is 0 Å². The van der Waals surface area contributed by atoms with Gasteiger partial charge in [0.1, 0.15) is 0 Å². The predicted octanol–water partition coefficient (Wildman–Crippen LogP) is 5.43. The van der Waals surface area contributed by atoms with Crippen LogP contribution in [-0.4, -0.2) is 55.0 Å². The number of aliphatic hydroxyl groups excluding tert-OH is 3. The summed E-state index contributed by atoms with van der Waals surface area (Å²) >= 11 is 0. The molecule has 5 heteroatoms. The summed E-state index contributed by atoms with van der Waals surface area (Å²) in [4.78, 5) is 0. The lowest BCUT2D eigenvalue weighted by molar-refractivity contribution is -0.0563. The van der Waals surface area contributed by atoms with Crippen molar-refractivity contribution in [2.24, 2.45) is 23.2 Å². The molecule has 4 unspecified atom stereocenters. The third-order valence-corrected chi connectivity index (χ3v) is 9.67. The molecule has 5 N–H and O–H groups in total. The molecule has 0 aromatic carbocycles. The molecule has 3 aliphatic rings. The molecule has 5 nitrogen and oxygen atoms in total. The number of rotatable bonds is 10. The molecule has 0 bridgehead atoms. The van der Waals surface area contributed by atoms with Crippen molar-refractivity contribution >= 4 is 0 Å². The summed E-state index contributed by atoms with van der Waals surface area (Å²) in [6, 6.07) is 0. The molecule has 3 rings (SSSR count). The molecule has 0 aliphatic heterocycles. The summed E-state index contributed by atoms with van der Waals surface area (Å²) in [6.45, 7) is 9.61. The molecule has 7 atom stereocenters. The van der Waals surface area contributed by atoms with Gasteiger partial charge < -0.3 is 25.5 Å². The predicted molar refractivity (Wildman–Crippen MR) is 145 cm³/mol. The van der Waals surface area contributed by atoms with Crippen LogP contribution in [0.4, 0.5) is 0 Å². The van der Waals surface area contributed by atoms with E-state index in [0.717, 1.165) is 37.7 Å². The van der Waals surface area contributed by atoms with E-state index in [1.807, 2.05) is 13.8 Å². The van der Waals surface area contributed by atoms with Crippen LogP contribution in [-0.2, 0) is 0 Å². The van der Waals surface area contributed by atoms with Crippen molar-refractivity contribution in [2.75, 3.05) is 0 Å². The van der Waals surface area contributed by atoms with Gasteiger partial charge in [-0.1, -0.05) is 43.1 Å². The van der Waals surface area contributed by atoms with Gasteiger partial charge in [-0.2, -0.15) is 0 Å². The van der Waals surface area contributed by atoms with Gasteiger partial charge in [0.2, 0.25) is 0 Å². The Morgan fingerprint density at radius 2 is 1.64 bits per heavy atom. The van der Waals surface area contributed by atoms with Gasteiger partial charge in [-0.05, 0) is 121 Å². The van der Waals surface area contributed by atoms with E-state index in [9.17, 15) is 25.5 Å². The standard InChI is InChI=1S/C31H54O5/c1-29(2,35)16-6-8-23(12-15-28(34)30(3,4)36)27-14-13-26-22(9-7-17-31(26,27)5)11-10-21-18-24(32)20-25(33)19-21/h10-11,23-28,32-36H,6-9,12-20H2,1-5H3/b21-10?,22-11+/t23-,24+,25?,26?,27?,28?,31-/m0/s1. The van der Waals surface area contributed by atoms with Crippen molar-refractivity contribution in [3.8, 4) is 0 Å². The quantitative estimate of drug-likeness (QED) is 0.272. The van der Waals surface area contributed by atoms with Gasteiger partial charge in [-0.3, -0.25) is 0 Å². The largest absolute Gasteiger partial charge is 0.393 e. The van der Waals surface area contributed by atoms with Crippen LogP contribution in [0.5, 0.6) is 0 Å². The molecule has 208 valence electrons. The lowest BCUT2D eigenvalue weighted by Crippen LogP contribution is -2.39. The first kappa shape index (κ1) is 29.8. The summed E-state index contributed by atoms with van der Waals surface area (Å²) in [5, 5.41) is 51.3. The highest BCUT2D eigenvalue weighted by molar-refractivity contribution is 5.26. The van der Waals surface area contributed by atoms with Crippen molar-refractivity contribution in [1.29, 1.82) is 0 Å². The van der Waals surface area contributed by atoms with Gasteiger partial charge in [0.05, 0.1) is 29.5 Å².